The van der Waals surface area contributed by atoms with E-state index in [2.05, 4.69) is 26.0 Å². The molecule has 2 nitrogen and oxygen atoms in total. The summed E-state index contributed by atoms with van der Waals surface area (Å²) in [5.74, 6) is 0. The van der Waals surface area contributed by atoms with Crippen molar-refractivity contribution >= 4 is 0 Å². The molecule has 2 atom stereocenters. The van der Waals surface area contributed by atoms with Gasteiger partial charge in [-0.2, -0.15) is 0 Å². The van der Waals surface area contributed by atoms with E-state index in [1.165, 1.54) is 19.3 Å². The zero-order valence-corrected chi connectivity index (χ0v) is 14.3. The van der Waals surface area contributed by atoms with Gasteiger partial charge in [-0.3, -0.25) is 0 Å². The Balaban J connectivity index is 3.77. The Labute approximate surface area is 137 Å². The van der Waals surface area contributed by atoms with Crippen LogP contribution in [0.2, 0.25) is 0 Å². The summed E-state index contributed by atoms with van der Waals surface area (Å²) in [7, 11) is 0. The van der Waals surface area contributed by atoms with Crippen molar-refractivity contribution in [3.8, 4) is 0 Å². The number of aliphatic hydroxyl groups excluding tert-OH is 2. The third kappa shape index (κ3) is 15.3. The maximum Gasteiger partial charge on any atom is 0.0758 e. The van der Waals surface area contributed by atoms with Crippen molar-refractivity contribution in [2.24, 2.45) is 0 Å². The fraction of sp³-hybridized carbons (Fsp3) is 0.600. The smallest absolute Gasteiger partial charge is 0.0758 e. The minimum absolute atomic E-state index is 0.350. The maximum atomic E-state index is 9.76. The topological polar surface area (TPSA) is 40.5 Å². The SMILES string of the molecule is CCCCCC=CCC(O)C=CC=CC=CC(O)CCCC. The first-order valence-electron chi connectivity index (χ1n) is 8.73. The summed E-state index contributed by atoms with van der Waals surface area (Å²) in [5, 5.41) is 19.4. The van der Waals surface area contributed by atoms with Crippen molar-refractivity contribution in [1.29, 1.82) is 0 Å². The fourth-order valence-corrected chi connectivity index (χ4v) is 1.97. The van der Waals surface area contributed by atoms with Gasteiger partial charge in [0.2, 0.25) is 0 Å². The van der Waals surface area contributed by atoms with E-state index in [1.807, 2.05) is 24.3 Å². The molecule has 0 heterocycles. The number of rotatable bonds is 13. The quantitative estimate of drug-likeness (QED) is 0.282. The molecule has 126 valence electrons. The van der Waals surface area contributed by atoms with Crippen molar-refractivity contribution in [2.75, 3.05) is 0 Å². The second-order valence-electron chi connectivity index (χ2n) is 5.63. The van der Waals surface area contributed by atoms with E-state index < -0.39 is 6.10 Å². The number of allylic oxidation sites excluding steroid dienone is 5. The van der Waals surface area contributed by atoms with Crippen LogP contribution >= 0.6 is 0 Å². The minimum atomic E-state index is -0.425. The van der Waals surface area contributed by atoms with Crippen molar-refractivity contribution in [2.45, 2.75) is 77.4 Å². The molecule has 0 aliphatic heterocycles. The zero-order valence-electron chi connectivity index (χ0n) is 14.3. The summed E-state index contributed by atoms with van der Waals surface area (Å²) in [6.07, 6.45) is 23.0. The van der Waals surface area contributed by atoms with E-state index in [9.17, 15) is 10.2 Å². The highest BCUT2D eigenvalue weighted by atomic mass is 16.3. The highest BCUT2D eigenvalue weighted by Crippen LogP contribution is 2.03. The van der Waals surface area contributed by atoms with Gasteiger partial charge in [-0.1, -0.05) is 88.1 Å². The summed E-state index contributed by atoms with van der Waals surface area (Å²) in [4.78, 5) is 0. The van der Waals surface area contributed by atoms with Gasteiger partial charge in [0.15, 0.2) is 0 Å². The third-order valence-corrected chi connectivity index (χ3v) is 3.37. The van der Waals surface area contributed by atoms with Gasteiger partial charge in [0.25, 0.3) is 0 Å². The number of hydrogen-bond acceptors (Lipinski definition) is 2. The minimum Gasteiger partial charge on any atom is -0.389 e. The van der Waals surface area contributed by atoms with Gasteiger partial charge in [-0.05, 0) is 25.7 Å². The van der Waals surface area contributed by atoms with Crippen LogP contribution in [0.1, 0.15) is 65.2 Å². The molecule has 0 bridgehead atoms. The number of hydrogen-bond donors (Lipinski definition) is 2. The molecule has 0 fully saturated rings. The van der Waals surface area contributed by atoms with Crippen LogP contribution in [0.15, 0.2) is 48.6 Å². The van der Waals surface area contributed by atoms with Gasteiger partial charge in [-0.15, -0.1) is 0 Å². The molecule has 22 heavy (non-hydrogen) atoms. The summed E-state index contributed by atoms with van der Waals surface area (Å²) in [6, 6.07) is 0. The molecule has 0 saturated heterocycles. The van der Waals surface area contributed by atoms with E-state index in [4.69, 9.17) is 0 Å². The Morgan fingerprint density at radius 3 is 2.00 bits per heavy atom. The van der Waals surface area contributed by atoms with Crippen LogP contribution in [0.25, 0.3) is 0 Å². The first kappa shape index (κ1) is 20.9. The molecular formula is C20H34O2. The third-order valence-electron chi connectivity index (χ3n) is 3.37. The highest BCUT2D eigenvalue weighted by molar-refractivity contribution is 5.13. The Hall–Kier alpha value is -1.12. The molecule has 0 spiro atoms. The Morgan fingerprint density at radius 1 is 0.727 bits per heavy atom. The largest absolute Gasteiger partial charge is 0.389 e. The summed E-state index contributed by atoms with van der Waals surface area (Å²) < 4.78 is 0. The first-order valence-corrected chi connectivity index (χ1v) is 8.73. The van der Waals surface area contributed by atoms with Gasteiger partial charge in [0, 0.05) is 0 Å². The van der Waals surface area contributed by atoms with Crippen LogP contribution < -0.4 is 0 Å². The molecule has 0 amide bonds. The standard InChI is InChI=1S/C20H34O2/c1-3-5-7-8-9-12-17-20(22)18-14-11-10-13-16-19(21)15-6-4-2/h9-14,16,18-22H,3-8,15,17H2,1-2H3. The molecule has 0 aromatic rings. The van der Waals surface area contributed by atoms with E-state index in [1.54, 1.807) is 12.2 Å². The monoisotopic (exact) mass is 306 g/mol. The lowest BCUT2D eigenvalue weighted by atomic mass is 10.1. The number of unbranched alkanes of at least 4 members (excludes halogenated alkanes) is 4. The van der Waals surface area contributed by atoms with Crippen molar-refractivity contribution < 1.29 is 10.2 Å². The van der Waals surface area contributed by atoms with Gasteiger partial charge in [0.1, 0.15) is 0 Å². The van der Waals surface area contributed by atoms with Crippen LogP contribution in [0.4, 0.5) is 0 Å². The molecule has 2 N–H and O–H groups in total. The second-order valence-corrected chi connectivity index (χ2v) is 5.63. The summed E-state index contributed by atoms with van der Waals surface area (Å²) >= 11 is 0. The lowest BCUT2D eigenvalue weighted by Gasteiger charge is -2.01. The summed E-state index contributed by atoms with van der Waals surface area (Å²) in [5.41, 5.74) is 0. The predicted molar refractivity (Wildman–Crippen MR) is 96.9 cm³/mol. The van der Waals surface area contributed by atoms with Crippen LogP contribution in [0.5, 0.6) is 0 Å². The molecule has 0 aromatic heterocycles. The molecule has 0 aliphatic carbocycles. The highest BCUT2D eigenvalue weighted by Gasteiger charge is 1.95. The average molecular weight is 306 g/mol. The Kier molecular flexibility index (Phi) is 15.4. The fourth-order valence-electron chi connectivity index (χ4n) is 1.97. The van der Waals surface area contributed by atoms with E-state index in [0.717, 1.165) is 25.7 Å². The van der Waals surface area contributed by atoms with Gasteiger partial charge in [0.05, 0.1) is 12.2 Å². The molecule has 0 rings (SSSR count). The molecule has 2 heteroatoms. The molecule has 2 unspecified atom stereocenters. The molecule has 0 saturated carbocycles. The Bertz CT molecular complexity index is 340. The second kappa shape index (κ2) is 16.3. The molecule has 0 radical (unpaired) electrons. The molecule has 0 aliphatic rings. The normalized spacial score (nSPS) is 15.6. The van der Waals surface area contributed by atoms with E-state index in [-0.39, 0.29) is 6.10 Å². The Morgan fingerprint density at radius 2 is 1.36 bits per heavy atom. The van der Waals surface area contributed by atoms with Crippen molar-refractivity contribution in [1.82, 2.24) is 0 Å². The van der Waals surface area contributed by atoms with Gasteiger partial charge in [-0.25, -0.2) is 0 Å². The molecule has 0 aromatic carbocycles. The van der Waals surface area contributed by atoms with Crippen molar-refractivity contribution in [3.63, 3.8) is 0 Å². The van der Waals surface area contributed by atoms with Crippen LogP contribution in [-0.4, -0.2) is 22.4 Å². The van der Waals surface area contributed by atoms with Gasteiger partial charge >= 0.3 is 0 Å². The van der Waals surface area contributed by atoms with Crippen LogP contribution in [-0.2, 0) is 0 Å². The lowest BCUT2D eigenvalue weighted by molar-refractivity contribution is 0.209. The summed E-state index contributed by atoms with van der Waals surface area (Å²) in [6.45, 7) is 4.32. The van der Waals surface area contributed by atoms with Crippen LogP contribution in [0.3, 0.4) is 0 Å². The zero-order chi connectivity index (χ0) is 16.5. The number of aliphatic hydroxyl groups is 2. The van der Waals surface area contributed by atoms with E-state index >= 15 is 0 Å². The molecular weight excluding hydrogens is 272 g/mol. The van der Waals surface area contributed by atoms with Gasteiger partial charge < -0.3 is 10.2 Å². The van der Waals surface area contributed by atoms with E-state index in [0.29, 0.717) is 6.42 Å². The van der Waals surface area contributed by atoms with Crippen LogP contribution in [0, 0.1) is 0 Å². The first-order chi connectivity index (χ1) is 10.7. The average Bonchev–Trinajstić information content (AvgIpc) is 2.52. The van der Waals surface area contributed by atoms with Crippen molar-refractivity contribution in [3.05, 3.63) is 48.6 Å². The predicted octanol–water partition coefficient (Wildman–Crippen LogP) is 5.09. The lowest BCUT2D eigenvalue weighted by Crippen LogP contribution is -2.00. The maximum absolute atomic E-state index is 9.76.